The lowest BCUT2D eigenvalue weighted by atomic mass is 9.97. The summed E-state index contributed by atoms with van der Waals surface area (Å²) in [5.74, 6) is -0.209. The Morgan fingerprint density at radius 2 is 1.82 bits per heavy atom. The number of anilines is 1. The number of amides is 1. The molecule has 2 aromatic rings. The first-order valence-electron chi connectivity index (χ1n) is 12.3. The Hall–Kier alpha value is -2.93. The molecule has 0 aromatic heterocycles. The summed E-state index contributed by atoms with van der Waals surface area (Å²) >= 11 is 0. The maximum atomic E-state index is 14.0. The summed E-state index contributed by atoms with van der Waals surface area (Å²) in [6.45, 7) is 6.21. The Kier molecular flexibility index (Phi) is 7.51. The van der Waals surface area contributed by atoms with E-state index in [1.165, 1.54) is 31.4 Å². The molecule has 3 N–H and O–H groups in total. The number of rotatable bonds is 8. The maximum Gasteiger partial charge on any atom is 0.272 e. The summed E-state index contributed by atoms with van der Waals surface area (Å²) in [4.78, 5) is 17.7. The van der Waals surface area contributed by atoms with Gasteiger partial charge in [0.1, 0.15) is 17.4 Å². The monoisotopic (exact) mass is 466 g/mol. The highest BCUT2D eigenvalue weighted by atomic mass is 19.1. The Morgan fingerprint density at radius 1 is 1.09 bits per heavy atom. The number of unbranched alkanes of at least 4 members (excludes halogenated alkanes) is 2. The molecule has 1 unspecified atom stereocenters. The Bertz CT molecular complexity index is 1030. The summed E-state index contributed by atoms with van der Waals surface area (Å²) in [6, 6.07) is 12.5. The number of piperidine rings is 1. The third-order valence-electron chi connectivity index (χ3n) is 7.12. The summed E-state index contributed by atoms with van der Waals surface area (Å²) in [7, 11) is 0. The van der Waals surface area contributed by atoms with E-state index in [0.717, 1.165) is 25.8 Å². The van der Waals surface area contributed by atoms with E-state index in [4.69, 9.17) is 15.9 Å². The quantitative estimate of drug-likeness (QED) is 0.325. The van der Waals surface area contributed by atoms with Gasteiger partial charge in [0.25, 0.3) is 5.91 Å². The normalized spacial score (nSPS) is 22.9. The van der Waals surface area contributed by atoms with Crippen molar-refractivity contribution in [3.63, 3.8) is 0 Å². The molecule has 1 saturated heterocycles. The fraction of sp³-hybridized carbons (Fsp3) is 0.481. The standard InChI is InChI=1S/C27H35FN4O2/c1-18-8-6-9-19(2)31(18)14-4-3-5-15-32-23-17-22(28)12-13-24(23)34-25(27(32)33)20-10-7-11-21(16-20)26(29)30/h7,10-13,16-19,25H,3-6,8-9,14-15H2,1-2H3,(H3,29,30)/t18-,19+,25?. The topological polar surface area (TPSA) is 82.7 Å². The first-order chi connectivity index (χ1) is 16.3. The van der Waals surface area contributed by atoms with Gasteiger partial charge in [0.15, 0.2) is 0 Å². The fourth-order valence-electron chi connectivity index (χ4n) is 5.21. The fourth-order valence-corrected chi connectivity index (χ4v) is 5.21. The molecule has 0 aliphatic carbocycles. The lowest BCUT2D eigenvalue weighted by molar-refractivity contribution is -0.126. The van der Waals surface area contributed by atoms with Crippen molar-refractivity contribution in [3.05, 3.63) is 59.4 Å². The zero-order valence-electron chi connectivity index (χ0n) is 20.1. The average molecular weight is 467 g/mol. The second-order valence-electron chi connectivity index (χ2n) is 9.57. The SMILES string of the molecule is C[C@@H]1CCC[C@H](C)N1CCCCCN1C(=O)C(c2cccc(C(=N)N)c2)Oc2ccc(F)cc21. The smallest absolute Gasteiger partial charge is 0.272 e. The molecule has 4 rings (SSSR count). The van der Waals surface area contributed by atoms with Gasteiger partial charge in [-0.1, -0.05) is 31.0 Å². The molecule has 34 heavy (non-hydrogen) atoms. The van der Waals surface area contributed by atoms with Crippen LogP contribution in [0.3, 0.4) is 0 Å². The lowest BCUT2D eigenvalue weighted by Gasteiger charge is -2.39. The number of likely N-dealkylation sites (tertiary alicyclic amines) is 1. The molecule has 2 aliphatic rings. The van der Waals surface area contributed by atoms with Crippen molar-refractivity contribution in [1.82, 2.24) is 4.90 Å². The molecule has 2 aliphatic heterocycles. The number of nitrogen functional groups attached to an aromatic ring is 1. The van der Waals surface area contributed by atoms with Crippen molar-refractivity contribution in [2.75, 3.05) is 18.0 Å². The molecule has 1 amide bonds. The second-order valence-corrected chi connectivity index (χ2v) is 9.57. The molecule has 0 radical (unpaired) electrons. The van der Waals surface area contributed by atoms with E-state index < -0.39 is 11.9 Å². The Labute approximate surface area is 201 Å². The molecular weight excluding hydrogens is 431 g/mol. The van der Waals surface area contributed by atoms with Gasteiger partial charge in [-0.2, -0.15) is 0 Å². The largest absolute Gasteiger partial charge is 0.474 e. The molecule has 2 heterocycles. The first kappa shape index (κ1) is 24.2. The van der Waals surface area contributed by atoms with Gasteiger partial charge >= 0.3 is 0 Å². The van der Waals surface area contributed by atoms with Crippen LogP contribution < -0.4 is 15.4 Å². The molecule has 0 saturated carbocycles. The molecular formula is C27H35FN4O2. The highest BCUT2D eigenvalue weighted by molar-refractivity contribution is 6.01. The number of hydrogen-bond donors (Lipinski definition) is 2. The summed E-state index contributed by atoms with van der Waals surface area (Å²) < 4.78 is 20.0. The number of carbonyl (C=O) groups excluding carboxylic acids is 1. The van der Waals surface area contributed by atoms with Gasteiger partial charge in [-0.3, -0.25) is 15.1 Å². The number of ether oxygens (including phenoxy) is 1. The van der Waals surface area contributed by atoms with Crippen LogP contribution in [0.15, 0.2) is 42.5 Å². The van der Waals surface area contributed by atoms with Gasteiger partial charge in [-0.05, 0) is 64.3 Å². The number of carbonyl (C=O) groups is 1. The van der Waals surface area contributed by atoms with Gasteiger partial charge in [-0.25, -0.2) is 4.39 Å². The molecule has 2 aromatic carbocycles. The van der Waals surface area contributed by atoms with Crippen molar-refractivity contribution < 1.29 is 13.9 Å². The van der Waals surface area contributed by atoms with Crippen molar-refractivity contribution in [1.29, 1.82) is 5.41 Å². The first-order valence-corrected chi connectivity index (χ1v) is 12.3. The predicted octanol–water partition coefficient (Wildman–Crippen LogP) is 5.01. The van der Waals surface area contributed by atoms with Gasteiger partial charge in [-0.15, -0.1) is 0 Å². The highest BCUT2D eigenvalue weighted by Gasteiger charge is 2.35. The zero-order chi connectivity index (χ0) is 24.2. The third-order valence-corrected chi connectivity index (χ3v) is 7.12. The highest BCUT2D eigenvalue weighted by Crippen LogP contribution is 2.39. The zero-order valence-corrected chi connectivity index (χ0v) is 20.1. The molecule has 1 fully saturated rings. The van der Waals surface area contributed by atoms with Crippen LogP contribution in [-0.2, 0) is 4.79 Å². The van der Waals surface area contributed by atoms with Crippen LogP contribution in [0.4, 0.5) is 10.1 Å². The van der Waals surface area contributed by atoms with Gasteiger partial charge in [0.05, 0.1) is 5.69 Å². The van der Waals surface area contributed by atoms with Crippen molar-refractivity contribution in [2.24, 2.45) is 5.73 Å². The van der Waals surface area contributed by atoms with Crippen LogP contribution in [0.5, 0.6) is 5.75 Å². The number of nitrogens with one attached hydrogen (secondary N) is 1. The van der Waals surface area contributed by atoms with E-state index in [-0.39, 0.29) is 11.7 Å². The summed E-state index contributed by atoms with van der Waals surface area (Å²) in [6.07, 6.45) is 5.89. The van der Waals surface area contributed by atoms with Crippen LogP contribution >= 0.6 is 0 Å². The van der Waals surface area contributed by atoms with Gasteiger partial charge < -0.3 is 15.4 Å². The minimum absolute atomic E-state index is 0.0678. The number of amidine groups is 1. The van der Waals surface area contributed by atoms with Crippen LogP contribution in [0.1, 0.15) is 69.6 Å². The number of nitrogens with two attached hydrogens (primary N) is 1. The van der Waals surface area contributed by atoms with Crippen LogP contribution in [-0.4, -0.2) is 41.8 Å². The van der Waals surface area contributed by atoms with Crippen molar-refractivity contribution in [3.8, 4) is 5.75 Å². The van der Waals surface area contributed by atoms with E-state index >= 15 is 0 Å². The number of halogens is 1. The Balaban J connectivity index is 1.45. The van der Waals surface area contributed by atoms with E-state index in [2.05, 4.69) is 18.7 Å². The average Bonchev–Trinajstić information content (AvgIpc) is 2.81. The predicted molar refractivity (Wildman–Crippen MR) is 133 cm³/mol. The van der Waals surface area contributed by atoms with E-state index in [9.17, 15) is 9.18 Å². The lowest BCUT2D eigenvalue weighted by Crippen LogP contribution is -2.44. The molecule has 0 spiro atoms. The number of hydrogen-bond acceptors (Lipinski definition) is 4. The minimum Gasteiger partial charge on any atom is -0.474 e. The molecule has 6 nitrogen and oxygen atoms in total. The van der Waals surface area contributed by atoms with Gasteiger partial charge in [0, 0.05) is 35.8 Å². The third kappa shape index (κ3) is 5.25. The second kappa shape index (κ2) is 10.6. The number of benzene rings is 2. The van der Waals surface area contributed by atoms with E-state index in [0.29, 0.717) is 41.2 Å². The molecule has 3 atom stereocenters. The summed E-state index contributed by atoms with van der Waals surface area (Å²) in [5, 5.41) is 7.70. The van der Waals surface area contributed by atoms with Crippen LogP contribution in [0.25, 0.3) is 0 Å². The molecule has 182 valence electrons. The Morgan fingerprint density at radius 3 is 2.56 bits per heavy atom. The van der Waals surface area contributed by atoms with Crippen molar-refractivity contribution in [2.45, 2.75) is 70.6 Å². The van der Waals surface area contributed by atoms with E-state index in [1.54, 1.807) is 35.2 Å². The molecule has 0 bridgehead atoms. The van der Waals surface area contributed by atoms with Crippen LogP contribution in [0.2, 0.25) is 0 Å². The van der Waals surface area contributed by atoms with E-state index in [1.807, 2.05) is 0 Å². The number of nitrogens with zero attached hydrogens (tertiary/aromatic N) is 2. The van der Waals surface area contributed by atoms with Gasteiger partial charge in [0.2, 0.25) is 6.10 Å². The van der Waals surface area contributed by atoms with Crippen molar-refractivity contribution >= 4 is 17.4 Å². The molecule has 7 heteroatoms. The van der Waals surface area contributed by atoms with Crippen LogP contribution in [0, 0.1) is 11.2 Å². The summed E-state index contributed by atoms with van der Waals surface area (Å²) in [5.41, 5.74) is 7.27. The minimum atomic E-state index is -0.854. The number of fused-ring (bicyclic) bond motifs is 1. The maximum absolute atomic E-state index is 14.0.